The van der Waals surface area contributed by atoms with Crippen LogP contribution in [0, 0.1) is 0 Å². The van der Waals surface area contributed by atoms with Gasteiger partial charge in [-0.05, 0) is 17.7 Å². The molecule has 0 unspecified atom stereocenters. The molecule has 0 radical (unpaired) electrons. The van der Waals surface area contributed by atoms with E-state index in [0.29, 0.717) is 28.0 Å². The molecule has 0 saturated heterocycles. The van der Waals surface area contributed by atoms with Crippen LogP contribution in [0.15, 0.2) is 24.5 Å². The Balaban J connectivity index is 1.95. The smallest absolute Gasteiger partial charge is 0.224 e. The van der Waals surface area contributed by atoms with Gasteiger partial charge < -0.3 is 5.32 Å². The van der Waals surface area contributed by atoms with Crippen molar-refractivity contribution in [3.05, 3.63) is 46.0 Å². The van der Waals surface area contributed by atoms with E-state index >= 15 is 0 Å². The Hall–Kier alpha value is -1.59. The molecule has 1 amide bonds. The minimum Gasteiger partial charge on any atom is -0.349 e. The quantitative estimate of drug-likeness (QED) is 0.902. The number of hydrogen-bond donors (Lipinski definition) is 2. The van der Waals surface area contributed by atoms with E-state index in [1.165, 1.54) is 6.33 Å². The number of aromatic amines is 1. The minimum absolute atomic E-state index is 0.132. The van der Waals surface area contributed by atoms with Crippen LogP contribution in [0.5, 0.6) is 0 Å². The molecular formula is C11H10Cl2N4O. The molecule has 5 nitrogen and oxygen atoms in total. The number of benzene rings is 1. The third-order valence-electron chi connectivity index (χ3n) is 2.32. The van der Waals surface area contributed by atoms with Crippen LogP contribution in [-0.2, 0) is 17.8 Å². The van der Waals surface area contributed by atoms with Crippen LogP contribution in [0.1, 0.15) is 11.4 Å². The first-order valence-electron chi connectivity index (χ1n) is 5.20. The second kappa shape index (κ2) is 5.84. The highest BCUT2D eigenvalue weighted by molar-refractivity contribution is 6.36. The summed E-state index contributed by atoms with van der Waals surface area (Å²) in [4.78, 5) is 15.6. The zero-order valence-electron chi connectivity index (χ0n) is 9.28. The molecule has 0 atom stereocenters. The highest BCUT2D eigenvalue weighted by Gasteiger charge is 2.10. The number of hydrogen-bond acceptors (Lipinski definition) is 3. The summed E-state index contributed by atoms with van der Waals surface area (Å²) in [6.45, 7) is 0.293. The Morgan fingerprint density at radius 1 is 1.33 bits per heavy atom. The first-order valence-corrected chi connectivity index (χ1v) is 5.96. The van der Waals surface area contributed by atoms with Crippen LogP contribution in [0.3, 0.4) is 0 Å². The number of nitrogens with one attached hydrogen (secondary N) is 2. The highest BCUT2D eigenvalue weighted by Crippen LogP contribution is 2.24. The molecule has 2 aromatic rings. The summed E-state index contributed by atoms with van der Waals surface area (Å²) in [5.41, 5.74) is 0.621. The summed E-state index contributed by atoms with van der Waals surface area (Å²) < 4.78 is 0. The molecule has 0 saturated carbocycles. The van der Waals surface area contributed by atoms with Gasteiger partial charge in [-0.1, -0.05) is 29.3 Å². The van der Waals surface area contributed by atoms with E-state index in [0.717, 1.165) is 0 Å². The summed E-state index contributed by atoms with van der Waals surface area (Å²) in [5.74, 6) is 0.412. The molecule has 0 spiro atoms. The van der Waals surface area contributed by atoms with Gasteiger partial charge in [0.25, 0.3) is 0 Å². The second-order valence-corrected chi connectivity index (χ2v) is 4.40. The predicted molar refractivity (Wildman–Crippen MR) is 68.4 cm³/mol. The van der Waals surface area contributed by atoms with Gasteiger partial charge >= 0.3 is 0 Å². The molecular weight excluding hydrogens is 275 g/mol. The number of amides is 1. The molecule has 2 N–H and O–H groups in total. The van der Waals surface area contributed by atoms with Crippen LogP contribution >= 0.6 is 23.2 Å². The Labute approximate surface area is 114 Å². The molecule has 1 aromatic carbocycles. The van der Waals surface area contributed by atoms with Crippen LogP contribution in [-0.4, -0.2) is 21.1 Å². The molecule has 0 aliphatic rings. The molecule has 0 fully saturated rings. The third-order valence-corrected chi connectivity index (χ3v) is 3.03. The van der Waals surface area contributed by atoms with Crippen molar-refractivity contribution in [3.63, 3.8) is 0 Å². The average molecular weight is 285 g/mol. The summed E-state index contributed by atoms with van der Waals surface area (Å²) in [6.07, 6.45) is 1.51. The zero-order chi connectivity index (χ0) is 13.0. The first kappa shape index (κ1) is 12.9. The third kappa shape index (κ3) is 3.21. The van der Waals surface area contributed by atoms with Crippen LogP contribution in [0.25, 0.3) is 0 Å². The summed E-state index contributed by atoms with van der Waals surface area (Å²) in [5, 5.41) is 10.00. The second-order valence-electron chi connectivity index (χ2n) is 3.59. The van der Waals surface area contributed by atoms with Crippen molar-refractivity contribution >= 4 is 29.1 Å². The number of rotatable bonds is 4. The standard InChI is InChI=1S/C11H10Cl2N4O/c12-8-2-1-3-9(13)7(8)4-11(18)14-5-10-15-6-16-17-10/h1-3,6H,4-5H2,(H,14,18)(H,15,16,17). The largest absolute Gasteiger partial charge is 0.349 e. The molecule has 7 heteroatoms. The van der Waals surface area contributed by atoms with E-state index in [-0.39, 0.29) is 12.3 Å². The summed E-state index contributed by atoms with van der Waals surface area (Å²) >= 11 is 12.0. The molecule has 18 heavy (non-hydrogen) atoms. The van der Waals surface area contributed by atoms with E-state index < -0.39 is 0 Å². The molecule has 2 rings (SSSR count). The number of H-pyrrole nitrogens is 1. The lowest BCUT2D eigenvalue weighted by Gasteiger charge is -2.07. The fourth-order valence-electron chi connectivity index (χ4n) is 1.42. The van der Waals surface area contributed by atoms with E-state index in [4.69, 9.17) is 23.2 Å². The summed E-state index contributed by atoms with van der Waals surface area (Å²) in [6, 6.07) is 5.14. The van der Waals surface area contributed by atoms with Gasteiger partial charge in [-0.25, -0.2) is 4.98 Å². The lowest BCUT2D eigenvalue weighted by molar-refractivity contribution is -0.120. The van der Waals surface area contributed by atoms with Crippen molar-refractivity contribution in [2.24, 2.45) is 0 Å². The molecule has 0 bridgehead atoms. The normalized spacial score (nSPS) is 10.3. The van der Waals surface area contributed by atoms with Gasteiger partial charge in [-0.2, -0.15) is 5.10 Å². The minimum atomic E-state index is -0.179. The fourth-order valence-corrected chi connectivity index (χ4v) is 1.95. The zero-order valence-corrected chi connectivity index (χ0v) is 10.8. The van der Waals surface area contributed by atoms with E-state index in [1.807, 2.05) is 0 Å². The van der Waals surface area contributed by atoms with Crippen molar-refractivity contribution in [2.75, 3.05) is 0 Å². The number of aromatic nitrogens is 3. The van der Waals surface area contributed by atoms with Gasteiger partial charge in [0, 0.05) is 10.0 Å². The van der Waals surface area contributed by atoms with Crippen molar-refractivity contribution in [1.82, 2.24) is 20.5 Å². The van der Waals surface area contributed by atoms with Crippen molar-refractivity contribution < 1.29 is 4.79 Å². The maximum absolute atomic E-state index is 11.7. The topological polar surface area (TPSA) is 70.7 Å². The monoisotopic (exact) mass is 284 g/mol. The van der Waals surface area contributed by atoms with Gasteiger partial charge in [0.1, 0.15) is 12.2 Å². The van der Waals surface area contributed by atoms with E-state index in [2.05, 4.69) is 20.5 Å². The SMILES string of the molecule is O=C(Cc1c(Cl)cccc1Cl)NCc1ncn[nH]1. The van der Waals surface area contributed by atoms with Gasteiger partial charge in [0.15, 0.2) is 0 Å². The van der Waals surface area contributed by atoms with Gasteiger partial charge in [-0.15, -0.1) is 0 Å². The van der Waals surface area contributed by atoms with Crippen LogP contribution in [0.2, 0.25) is 10.0 Å². The molecule has 1 heterocycles. The Morgan fingerprint density at radius 3 is 2.67 bits per heavy atom. The Bertz CT molecular complexity index is 522. The van der Waals surface area contributed by atoms with E-state index in [9.17, 15) is 4.79 Å². The Kier molecular flexibility index (Phi) is 4.17. The average Bonchev–Trinajstić information content (AvgIpc) is 2.84. The molecule has 94 valence electrons. The number of halogens is 2. The summed E-state index contributed by atoms with van der Waals surface area (Å²) in [7, 11) is 0. The number of nitrogens with zero attached hydrogens (tertiary/aromatic N) is 2. The Morgan fingerprint density at radius 2 is 2.06 bits per heavy atom. The first-order chi connectivity index (χ1) is 8.66. The maximum Gasteiger partial charge on any atom is 0.224 e. The number of carbonyl (C=O) groups excluding carboxylic acids is 1. The molecule has 0 aliphatic carbocycles. The van der Waals surface area contributed by atoms with Crippen molar-refractivity contribution in [1.29, 1.82) is 0 Å². The van der Waals surface area contributed by atoms with Gasteiger partial charge in [0.05, 0.1) is 13.0 Å². The maximum atomic E-state index is 11.7. The van der Waals surface area contributed by atoms with Crippen molar-refractivity contribution in [3.8, 4) is 0 Å². The van der Waals surface area contributed by atoms with Crippen molar-refractivity contribution in [2.45, 2.75) is 13.0 Å². The molecule has 1 aromatic heterocycles. The predicted octanol–water partition coefficient (Wildman–Crippen LogP) is 1.97. The lowest BCUT2D eigenvalue weighted by Crippen LogP contribution is -2.25. The van der Waals surface area contributed by atoms with E-state index in [1.54, 1.807) is 18.2 Å². The van der Waals surface area contributed by atoms with Crippen LogP contribution in [0.4, 0.5) is 0 Å². The molecule has 0 aliphatic heterocycles. The van der Waals surface area contributed by atoms with Crippen LogP contribution < -0.4 is 5.32 Å². The lowest BCUT2D eigenvalue weighted by atomic mass is 10.1. The number of carbonyl (C=O) groups is 1. The highest BCUT2D eigenvalue weighted by atomic mass is 35.5. The van der Waals surface area contributed by atoms with Gasteiger partial charge in [0.2, 0.25) is 5.91 Å². The fraction of sp³-hybridized carbons (Fsp3) is 0.182. The van der Waals surface area contributed by atoms with Gasteiger partial charge in [-0.3, -0.25) is 9.89 Å².